The van der Waals surface area contributed by atoms with Gasteiger partial charge in [-0.1, -0.05) is 42.0 Å². The number of ketones is 2. The summed E-state index contributed by atoms with van der Waals surface area (Å²) in [4.78, 5) is 26.3. The topological polar surface area (TPSA) is 75.6 Å². The summed E-state index contributed by atoms with van der Waals surface area (Å²) in [5.41, 5.74) is 2.26. The molecule has 3 aromatic rings. The highest BCUT2D eigenvalue weighted by Gasteiger charge is 2.36. The maximum Gasteiger partial charge on any atom is 0.198 e. The Morgan fingerprint density at radius 1 is 0.897 bits per heavy atom. The monoisotopic (exact) mass is 387 g/mol. The Morgan fingerprint density at radius 3 is 2.07 bits per heavy atom. The van der Waals surface area contributed by atoms with Gasteiger partial charge in [0.2, 0.25) is 0 Å². The molecule has 146 valence electrons. The molecule has 0 aliphatic heterocycles. The average molecular weight is 387 g/mol. The first-order chi connectivity index (χ1) is 13.9. The number of hydrogen-bond acceptors (Lipinski definition) is 5. The molecule has 2 N–H and O–H groups in total. The fraction of sp³-hybridized carbons (Fsp3) is 0.167. The number of benzene rings is 3. The highest BCUT2D eigenvalue weighted by atomic mass is 16.5. The molecule has 1 aliphatic carbocycles. The van der Waals surface area contributed by atoms with Crippen molar-refractivity contribution in [3.63, 3.8) is 0 Å². The Kier molecular flexibility index (Phi) is 4.59. The van der Waals surface area contributed by atoms with Crippen LogP contribution in [0.15, 0.2) is 54.6 Å². The SMILES string of the molecule is Cc1ccc(Oc2cc(O)c3c(c2NC(C)C)C(=O)c2ccccc2C3=O)cc1. The molecule has 0 fully saturated rings. The molecular weight excluding hydrogens is 366 g/mol. The summed E-state index contributed by atoms with van der Waals surface area (Å²) < 4.78 is 6.00. The largest absolute Gasteiger partial charge is 0.507 e. The molecule has 3 aromatic carbocycles. The van der Waals surface area contributed by atoms with Gasteiger partial charge in [0, 0.05) is 23.2 Å². The van der Waals surface area contributed by atoms with Gasteiger partial charge in [0.05, 0.1) is 16.8 Å². The average Bonchev–Trinajstić information content (AvgIpc) is 2.69. The van der Waals surface area contributed by atoms with E-state index in [4.69, 9.17) is 4.74 Å². The molecule has 5 heteroatoms. The molecule has 1 aliphatic rings. The van der Waals surface area contributed by atoms with Gasteiger partial charge < -0.3 is 15.2 Å². The van der Waals surface area contributed by atoms with Crippen molar-refractivity contribution in [1.29, 1.82) is 0 Å². The van der Waals surface area contributed by atoms with Crippen LogP contribution in [-0.4, -0.2) is 22.7 Å². The Balaban J connectivity index is 1.93. The van der Waals surface area contributed by atoms with Crippen LogP contribution in [-0.2, 0) is 0 Å². The summed E-state index contributed by atoms with van der Waals surface area (Å²) in [6.07, 6.45) is 0. The van der Waals surface area contributed by atoms with Crippen LogP contribution in [0, 0.1) is 6.92 Å². The van der Waals surface area contributed by atoms with Gasteiger partial charge in [0.15, 0.2) is 17.3 Å². The van der Waals surface area contributed by atoms with E-state index in [1.54, 1.807) is 24.3 Å². The molecule has 0 heterocycles. The third-order valence-corrected chi connectivity index (χ3v) is 4.82. The van der Waals surface area contributed by atoms with Crippen molar-refractivity contribution < 1.29 is 19.4 Å². The third-order valence-electron chi connectivity index (χ3n) is 4.82. The molecule has 0 radical (unpaired) electrons. The number of rotatable bonds is 4. The number of fused-ring (bicyclic) bond motifs is 2. The normalized spacial score (nSPS) is 12.6. The van der Waals surface area contributed by atoms with Crippen LogP contribution in [0.25, 0.3) is 0 Å². The molecule has 0 unspecified atom stereocenters. The van der Waals surface area contributed by atoms with Crippen LogP contribution < -0.4 is 10.1 Å². The molecule has 0 amide bonds. The standard InChI is InChI=1S/C24H21NO4/c1-13(2)25-22-19(29-15-10-8-14(3)9-11-15)12-18(26)20-21(22)24(28)17-7-5-4-6-16(17)23(20)27/h4-13,25-26H,1-3H3. The molecule has 0 bridgehead atoms. The lowest BCUT2D eigenvalue weighted by Crippen LogP contribution is -2.24. The highest BCUT2D eigenvalue weighted by molar-refractivity contribution is 6.31. The van der Waals surface area contributed by atoms with E-state index in [1.165, 1.54) is 6.07 Å². The molecule has 0 atom stereocenters. The Morgan fingerprint density at radius 2 is 1.48 bits per heavy atom. The molecule has 0 saturated heterocycles. The van der Waals surface area contributed by atoms with E-state index in [1.807, 2.05) is 45.0 Å². The first-order valence-electron chi connectivity index (χ1n) is 9.46. The number of phenolic OH excluding ortho intramolecular Hbond substituents is 1. The van der Waals surface area contributed by atoms with Gasteiger partial charge in [-0.2, -0.15) is 0 Å². The zero-order chi connectivity index (χ0) is 20.7. The van der Waals surface area contributed by atoms with Gasteiger partial charge in [0.1, 0.15) is 11.5 Å². The Labute approximate surface area is 169 Å². The fourth-order valence-corrected chi connectivity index (χ4v) is 3.50. The Hall–Kier alpha value is -3.60. The number of aryl methyl sites for hydroxylation is 1. The van der Waals surface area contributed by atoms with E-state index in [9.17, 15) is 14.7 Å². The number of hydrogen-bond donors (Lipinski definition) is 2. The maximum atomic E-state index is 13.3. The van der Waals surface area contributed by atoms with Crippen LogP contribution in [0.5, 0.6) is 17.2 Å². The van der Waals surface area contributed by atoms with Crippen molar-refractivity contribution in [2.24, 2.45) is 0 Å². The molecule has 0 saturated carbocycles. The molecule has 29 heavy (non-hydrogen) atoms. The lowest BCUT2D eigenvalue weighted by atomic mass is 9.82. The first-order valence-corrected chi connectivity index (χ1v) is 9.46. The minimum atomic E-state index is -0.374. The Bertz CT molecular complexity index is 1130. The van der Waals surface area contributed by atoms with Crippen LogP contribution in [0.4, 0.5) is 5.69 Å². The van der Waals surface area contributed by atoms with Crippen LogP contribution in [0.3, 0.4) is 0 Å². The van der Waals surface area contributed by atoms with Gasteiger partial charge >= 0.3 is 0 Å². The van der Waals surface area contributed by atoms with Crippen LogP contribution >= 0.6 is 0 Å². The predicted molar refractivity (Wildman–Crippen MR) is 111 cm³/mol. The molecule has 5 nitrogen and oxygen atoms in total. The van der Waals surface area contributed by atoms with E-state index in [0.29, 0.717) is 28.3 Å². The maximum absolute atomic E-state index is 13.3. The summed E-state index contributed by atoms with van der Waals surface area (Å²) in [6, 6.07) is 15.5. The minimum absolute atomic E-state index is 0.00751. The van der Waals surface area contributed by atoms with Crippen molar-refractivity contribution in [3.8, 4) is 17.2 Å². The van der Waals surface area contributed by atoms with E-state index in [-0.39, 0.29) is 34.5 Å². The number of nitrogens with one attached hydrogen (secondary N) is 1. The highest BCUT2D eigenvalue weighted by Crippen LogP contribution is 2.44. The zero-order valence-electron chi connectivity index (χ0n) is 16.4. The number of carbonyl (C=O) groups is 2. The van der Waals surface area contributed by atoms with Crippen LogP contribution in [0.1, 0.15) is 51.3 Å². The number of ether oxygens (including phenoxy) is 1. The molecular formula is C24H21NO4. The quantitative estimate of drug-likeness (QED) is 0.477. The minimum Gasteiger partial charge on any atom is -0.507 e. The molecule has 0 spiro atoms. The second-order valence-electron chi connectivity index (χ2n) is 7.44. The van der Waals surface area contributed by atoms with Crippen LogP contribution in [0.2, 0.25) is 0 Å². The smallest absolute Gasteiger partial charge is 0.198 e. The van der Waals surface area contributed by atoms with Crippen molar-refractivity contribution in [3.05, 3.63) is 82.4 Å². The number of carbonyl (C=O) groups excluding carboxylic acids is 2. The molecule has 0 aromatic heterocycles. The summed E-state index contributed by atoms with van der Waals surface area (Å²) in [7, 11) is 0. The van der Waals surface area contributed by atoms with E-state index >= 15 is 0 Å². The summed E-state index contributed by atoms with van der Waals surface area (Å²) >= 11 is 0. The van der Waals surface area contributed by atoms with Crippen molar-refractivity contribution >= 4 is 17.3 Å². The van der Waals surface area contributed by atoms with Crippen molar-refractivity contribution in [2.75, 3.05) is 5.32 Å². The van der Waals surface area contributed by atoms with Gasteiger partial charge in [-0.05, 0) is 32.9 Å². The zero-order valence-corrected chi connectivity index (χ0v) is 16.4. The molecule has 4 rings (SSSR count). The lowest BCUT2D eigenvalue weighted by molar-refractivity contribution is 0.0977. The van der Waals surface area contributed by atoms with Gasteiger partial charge in [0.25, 0.3) is 0 Å². The van der Waals surface area contributed by atoms with E-state index in [0.717, 1.165) is 5.56 Å². The van der Waals surface area contributed by atoms with Crippen molar-refractivity contribution in [2.45, 2.75) is 26.8 Å². The summed E-state index contributed by atoms with van der Waals surface area (Å²) in [6.45, 7) is 5.83. The lowest BCUT2D eigenvalue weighted by Gasteiger charge is -2.25. The predicted octanol–water partition coefficient (Wildman–Crippen LogP) is 5.09. The number of phenols is 1. The van der Waals surface area contributed by atoms with E-state index in [2.05, 4.69) is 5.32 Å². The van der Waals surface area contributed by atoms with E-state index < -0.39 is 0 Å². The van der Waals surface area contributed by atoms with Gasteiger partial charge in [-0.15, -0.1) is 0 Å². The van der Waals surface area contributed by atoms with Crippen molar-refractivity contribution in [1.82, 2.24) is 0 Å². The number of anilines is 1. The summed E-state index contributed by atoms with van der Waals surface area (Å²) in [5.74, 6) is -0.107. The second-order valence-corrected chi connectivity index (χ2v) is 7.44. The fourth-order valence-electron chi connectivity index (χ4n) is 3.50. The number of aromatic hydroxyl groups is 1. The summed E-state index contributed by atoms with van der Waals surface area (Å²) in [5, 5.41) is 13.9. The third kappa shape index (κ3) is 3.25. The van der Waals surface area contributed by atoms with Gasteiger partial charge in [-0.3, -0.25) is 9.59 Å². The first kappa shape index (κ1) is 18.7. The second kappa shape index (κ2) is 7.09. The van der Waals surface area contributed by atoms with Gasteiger partial charge in [-0.25, -0.2) is 0 Å².